The molecule has 1 heterocycles. The Morgan fingerprint density at radius 2 is 2.43 bits per heavy atom. The molecule has 0 aromatic carbocycles. The highest BCUT2D eigenvalue weighted by Crippen LogP contribution is 2.02. The van der Waals surface area contributed by atoms with Gasteiger partial charge < -0.3 is 10.4 Å². The van der Waals surface area contributed by atoms with Crippen LogP contribution in [-0.2, 0) is 0 Å². The number of nitrogens with one attached hydrogen (secondary N) is 1. The van der Waals surface area contributed by atoms with Crippen molar-refractivity contribution in [3.63, 3.8) is 0 Å². The fourth-order valence-corrected chi connectivity index (χ4v) is 0.829. The molecular weight excluding hydrogens is 180 g/mol. The fraction of sp³-hybridized carbons (Fsp3) is 0.222. The predicted octanol–water partition coefficient (Wildman–Crippen LogP) is 0.307. The van der Waals surface area contributed by atoms with Crippen LogP contribution in [0, 0.1) is 11.3 Å². The lowest BCUT2D eigenvalue weighted by atomic mass is 10.3. The van der Waals surface area contributed by atoms with Crippen LogP contribution in [0.3, 0.4) is 0 Å². The average molecular weight is 190 g/mol. The highest BCUT2D eigenvalue weighted by atomic mass is 16.3. The number of nitrogens with zero attached hydrogens (tertiary/aromatic N) is 3. The summed E-state index contributed by atoms with van der Waals surface area (Å²) < 4.78 is 0. The summed E-state index contributed by atoms with van der Waals surface area (Å²) in [6, 6.07) is 1.61. The summed E-state index contributed by atoms with van der Waals surface area (Å²) in [6.45, 7) is 3.47. The standard InChI is InChI=1S/C9H10N4O/c1-2-7(6-14)13-9-5-11-8(3-10)4-12-9/h2,4-5,7,14H,1,6H2,(H,12,13). The summed E-state index contributed by atoms with van der Waals surface area (Å²) in [4.78, 5) is 7.75. The smallest absolute Gasteiger partial charge is 0.158 e. The van der Waals surface area contributed by atoms with Gasteiger partial charge in [-0.25, -0.2) is 9.97 Å². The molecule has 1 aromatic rings. The summed E-state index contributed by atoms with van der Waals surface area (Å²) in [5.74, 6) is 0.503. The van der Waals surface area contributed by atoms with Gasteiger partial charge in [0.1, 0.15) is 11.9 Å². The molecule has 0 amide bonds. The maximum atomic E-state index is 8.85. The fourth-order valence-electron chi connectivity index (χ4n) is 0.829. The van der Waals surface area contributed by atoms with E-state index in [-0.39, 0.29) is 18.3 Å². The molecule has 1 atom stereocenters. The average Bonchev–Trinajstić information content (AvgIpc) is 2.26. The third-order valence-corrected chi connectivity index (χ3v) is 1.58. The van der Waals surface area contributed by atoms with E-state index in [9.17, 15) is 0 Å². The maximum Gasteiger partial charge on any atom is 0.158 e. The summed E-state index contributed by atoms with van der Waals surface area (Å²) in [7, 11) is 0. The Hall–Kier alpha value is -1.93. The van der Waals surface area contributed by atoms with E-state index in [2.05, 4.69) is 21.9 Å². The highest BCUT2D eigenvalue weighted by Gasteiger charge is 2.02. The minimum atomic E-state index is -0.253. The zero-order valence-corrected chi connectivity index (χ0v) is 7.51. The largest absolute Gasteiger partial charge is 0.394 e. The first kappa shape index (κ1) is 10.2. The lowest BCUT2D eigenvalue weighted by molar-refractivity contribution is 0.290. The van der Waals surface area contributed by atoms with Crippen molar-refractivity contribution in [3.05, 3.63) is 30.7 Å². The Morgan fingerprint density at radius 1 is 1.64 bits per heavy atom. The molecule has 0 bridgehead atoms. The minimum absolute atomic E-state index is 0.0643. The molecule has 0 aliphatic carbocycles. The van der Waals surface area contributed by atoms with Crippen LogP contribution in [0.2, 0.25) is 0 Å². The monoisotopic (exact) mass is 190 g/mol. The molecule has 1 rings (SSSR count). The molecule has 0 saturated carbocycles. The van der Waals surface area contributed by atoms with E-state index in [1.54, 1.807) is 6.08 Å². The van der Waals surface area contributed by atoms with Crippen molar-refractivity contribution < 1.29 is 5.11 Å². The third-order valence-electron chi connectivity index (χ3n) is 1.58. The Bertz CT molecular complexity index is 341. The van der Waals surface area contributed by atoms with Crippen molar-refractivity contribution in [3.8, 4) is 6.07 Å². The molecule has 1 aromatic heterocycles. The number of aromatic nitrogens is 2. The van der Waals surface area contributed by atoms with Gasteiger partial charge in [0.15, 0.2) is 5.69 Å². The minimum Gasteiger partial charge on any atom is -0.394 e. The Labute approximate surface area is 81.7 Å². The molecule has 2 N–H and O–H groups in total. The number of hydrogen-bond donors (Lipinski definition) is 2. The zero-order chi connectivity index (χ0) is 10.4. The summed E-state index contributed by atoms with van der Waals surface area (Å²) in [5.41, 5.74) is 0.259. The molecule has 0 spiro atoms. The number of aliphatic hydroxyl groups excluding tert-OH is 1. The van der Waals surface area contributed by atoms with Crippen molar-refractivity contribution in [1.29, 1.82) is 5.26 Å². The number of anilines is 1. The van der Waals surface area contributed by atoms with Gasteiger partial charge in [0.25, 0.3) is 0 Å². The molecule has 1 unspecified atom stereocenters. The molecule has 0 saturated heterocycles. The van der Waals surface area contributed by atoms with Crippen LogP contribution in [0.5, 0.6) is 0 Å². The predicted molar refractivity (Wildman–Crippen MR) is 51.4 cm³/mol. The van der Waals surface area contributed by atoms with Gasteiger partial charge in [-0.3, -0.25) is 0 Å². The SMILES string of the molecule is C=CC(CO)Nc1cnc(C#N)cn1. The second kappa shape index (κ2) is 4.94. The maximum absolute atomic E-state index is 8.85. The van der Waals surface area contributed by atoms with Gasteiger partial charge in [-0.2, -0.15) is 5.26 Å². The number of rotatable bonds is 4. The highest BCUT2D eigenvalue weighted by molar-refractivity contribution is 5.35. The van der Waals surface area contributed by atoms with E-state index in [0.29, 0.717) is 5.82 Å². The van der Waals surface area contributed by atoms with E-state index in [0.717, 1.165) is 0 Å². The Kier molecular flexibility index (Phi) is 3.58. The lowest BCUT2D eigenvalue weighted by Gasteiger charge is -2.11. The van der Waals surface area contributed by atoms with Gasteiger partial charge in [-0.05, 0) is 0 Å². The van der Waals surface area contributed by atoms with E-state index in [4.69, 9.17) is 10.4 Å². The van der Waals surface area contributed by atoms with Crippen molar-refractivity contribution in [2.45, 2.75) is 6.04 Å². The van der Waals surface area contributed by atoms with E-state index in [1.165, 1.54) is 12.4 Å². The van der Waals surface area contributed by atoms with Crippen LogP contribution >= 0.6 is 0 Å². The van der Waals surface area contributed by atoms with Crippen LogP contribution in [-0.4, -0.2) is 27.7 Å². The van der Waals surface area contributed by atoms with Gasteiger partial charge in [-0.15, -0.1) is 6.58 Å². The number of aliphatic hydroxyl groups is 1. The van der Waals surface area contributed by atoms with Crippen LogP contribution in [0.4, 0.5) is 5.82 Å². The lowest BCUT2D eigenvalue weighted by Crippen LogP contribution is -2.21. The van der Waals surface area contributed by atoms with Gasteiger partial charge >= 0.3 is 0 Å². The van der Waals surface area contributed by atoms with E-state index >= 15 is 0 Å². The van der Waals surface area contributed by atoms with Crippen LogP contribution in [0.1, 0.15) is 5.69 Å². The first-order chi connectivity index (χ1) is 6.80. The summed E-state index contributed by atoms with van der Waals surface area (Å²) >= 11 is 0. The second-order valence-corrected chi connectivity index (χ2v) is 2.57. The van der Waals surface area contributed by atoms with Gasteiger partial charge in [-0.1, -0.05) is 6.08 Å². The van der Waals surface area contributed by atoms with Crippen LogP contribution < -0.4 is 5.32 Å². The molecule has 0 fully saturated rings. The number of hydrogen-bond acceptors (Lipinski definition) is 5. The molecule has 72 valence electrons. The van der Waals surface area contributed by atoms with Crippen molar-refractivity contribution in [2.75, 3.05) is 11.9 Å². The van der Waals surface area contributed by atoms with Crippen molar-refractivity contribution in [2.24, 2.45) is 0 Å². The summed E-state index contributed by atoms with van der Waals surface area (Å²) in [5, 5.41) is 20.2. The topological polar surface area (TPSA) is 81.8 Å². The van der Waals surface area contributed by atoms with Crippen molar-refractivity contribution >= 4 is 5.82 Å². The second-order valence-electron chi connectivity index (χ2n) is 2.57. The zero-order valence-electron chi connectivity index (χ0n) is 7.51. The van der Waals surface area contributed by atoms with Crippen LogP contribution in [0.25, 0.3) is 0 Å². The molecule has 0 aliphatic heterocycles. The Morgan fingerprint density at radius 3 is 2.86 bits per heavy atom. The Balaban J connectivity index is 2.69. The van der Waals surface area contributed by atoms with Gasteiger partial charge in [0.05, 0.1) is 25.0 Å². The molecule has 0 radical (unpaired) electrons. The van der Waals surface area contributed by atoms with Crippen LogP contribution in [0.15, 0.2) is 25.0 Å². The molecular formula is C9H10N4O. The van der Waals surface area contributed by atoms with Gasteiger partial charge in [0.2, 0.25) is 0 Å². The number of nitriles is 1. The molecule has 14 heavy (non-hydrogen) atoms. The van der Waals surface area contributed by atoms with Gasteiger partial charge in [0, 0.05) is 0 Å². The quantitative estimate of drug-likeness (QED) is 0.667. The molecule has 5 heteroatoms. The first-order valence-corrected chi connectivity index (χ1v) is 4.02. The molecule has 0 aliphatic rings. The normalized spacial score (nSPS) is 11.4. The van der Waals surface area contributed by atoms with E-state index < -0.39 is 0 Å². The molecule has 5 nitrogen and oxygen atoms in total. The first-order valence-electron chi connectivity index (χ1n) is 4.02. The van der Waals surface area contributed by atoms with Crippen molar-refractivity contribution in [1.82, 2.24) is 9.97 Å². The summed E-state index contributed by atoms with van der Waals surface area (Å²) in [6.07, 6.45) is 4.37. The third kappa shape index (κ3) is 2.54. The van der Waals surface area contributed by atoms with E-state index in [1.807, 2.05) is 6.07 Å².